The molecule has 1 N–H and O–H groups in total. The largest absolute Gasteiger partial charge is 0.469 e. The molecule has 2 heterocycles. The molecule has 1 aromatic carbocycles. The highest BCUT2D eigenvalue weighted by Gasteiger charge is 2.18. The SMILES string of the molecule is O=C(C=Cc1ccccc1)NCC(c1ccco1)c1cccs1. The van der Waals surface area contributed by atoms with Gasteiger partial charge in [0.25, 0.3) is 0 Å². The number of hydrogen-bond acceptors (Lipinski definition) is 3. The van der Waals surface area contributed by atoms with Gasteiger partial charge in [-0.05, 0) is 35.2 Å². The van der Waals surface area contributed by atoms with Crippen LogP contribution < -0.4 is 5.32 Å². The summed E-state index contributed by atoms with van der Waals surface area (Å²) in [5, 5.41) is 4.98. The number of carbonyl (C=O) groups is 1. The molecule has 3 aromatic rings. The first kappa shape index (κ1) is 15.3. The maximum Gasteiger partial charge on any atom is 0.244 e. The molecule has 4 heteroatoms. The minimum Gasteiger partial charge on any atom is -0.469 e. The molecule has 0 saturated carbocycles. The van der Waals surface area contributed by atoms with Crippen LogP contribution in [0.4, 0.5) is 0 Å². The van der Waals surface area contributed by atoms with Crippen LogP contribution in [0.1, 0.15) is 22.1 Å². The van der Waals surface area contributed by atoms with Crippen LogP contribution >= 0.6 is 11.3 Å². The average Bonchev–Trinajstić information content (AvgIpc) is 3.28. The molecule has 0 aliphatic carbocycles. The van der Waals surface area contributed by atoms with E-state index in [1.807, 2.05) is 60.0 Å². The Bertz CT molecular complexity index is 712. The Balaban J connectivity index is 1.63. The van der Waals surface area contributed by atoms with E-state index in [9.17, 15) is 4.79 Å². The normalized spacial score (nSPS) is 12.3. The van der Waals surface area contributed by atoms with Gasteiger partial charge < -0.3 is 9.73 Å². The average molecular weight is 323 g/mol. The highest BCUT2D eigenvalue weighted by atomic mass is 32.1. The summed E-state index contributed by atoms with van der Waals surface area (Å²) in [6.07, 6.45) is 5.03. The smallest absolute Gasteiger partial charge is 0.244 e. The molecule has 0 radical (unpaired) electrons. The van der Waals surface area contributed by atoms with Crippen LogP contribution in [0.25, 0.3) is 6.08 Å². The lowest BCUT2D eigenvalue weighted by atomic mass is 10.0. The fraction of sp³-hybridized carbons (Fsp3) is 0.105. The van der Waals surface area contributed by atoms with Crippen molar-refractivity contribution < 1.29 is 9.21 Å². The Labute approximate surface area is 139 Å². The van der Waals surface area contributed by atoms with Gasteiger partial charge in [0, 0.05) is 17.5 Å². The van der Waals surface area contributed by atoms with E-state index in [1.165, 1.54) is 4.88 Å². The van der Waals surface area contributed by atoms with Crippen molar-refractivity contribution in [2.75, 3.05) is 6.54 Å². The topological polar surface area (TPSA) is 42.2 Å². The number of benzene rings is 1. The van der Waals surface area contributed by atoms with Crippen molar-refractivity contribution in [3.05, 3.63) is 88.5 Å². The van der Waals surface area contributed by atoms with E-state index >= 15 is 0 Å². The molecule has 0 aliphatic rings. The van der Waals surface area contributed by atoms with Crippen LogP contribution in [-0.2, 0) is 4.79 Å². The van der Waals surface area contributed by atoms with Gasteiger partial charge in [0.2, 0.25) is 5.91 Å². The lowest BCUT2D eigenvalue weighted by Crippen LogP contribution is -2.26. The summed E-state index contributed by atoms with van der Waals surface area (Å²) in [5.41, 5.74) is 1.00. The molecule has 3 nitrogen and oxygen atoms in total. The summed E-state index contributed by atoms with van der Waals surface area (Å²) >= 11 is 1.66. The van der Waals surface area contributed by atoms with Gasteiger partial charge in [-0.15, -0.1) is 11.3 Å². The maximum atomic E-state index is 12.0. The van der Waals surface area contributed by atoms with Crippen LogP contribution in [0.15, 0.2) is 76.7 Å². The van der Waals surface area contributed by atoms with Crippen LogP contribution in [0.2, 0.25) is 0 Å². The number of hydrogen-bond donors (Lipinski definition) is 1. The monoisotopic (exact) mass is 323 g/mol. The highest BCUT2D eigenvalue weighted by molar-refractivity contribution is 7.10. The second-order valence-corrected chi connectivity index (χ2v) is 6.05. The molecule has 0 saturated heterocycles. The zero-order valence-electron chi connectivity index (χ0n) is 12.5. The molecule has 1 unspecified atom stereocenters. The van der Waals surface area contributed by atoms with Crippen LogP contribution in [0.3, 0.4) is 0 Å². The third-order valence-electron chi connectivity index (χ3n) is 3.48. The summed E-state index contributed by atoms with van der Waals surface area (Å²) in [7, 11) is 0. The Morgan fingerprint density at radius 2 is 2.00 bits per heavy atom. The Hall–Kier alpha value is -2.59. The predicted octanol–water partition coefficient (Wildman–Crippen LogP) is 4.30. The molecule has 2 aromatic heterocycles. The lowest BCUT2D eigenvalue weighted by Gasteiger charge is -2.13. The van der Waals surface area contributed by atoms with E-state index in [4.69, 9.17) is 4.42 Å². The van der Waals surface area contributed by atoms with Gasteiger partial charge in [-0.1, -0.05) is 36.4 Å². The van der Waals surface area contributed by atoms with E-state index < -0.39 is 0 Å². The summed E-state index contributed by atoms with van der Waals surface area (Å²) in [6, 6.07) is 17.6. The molecule has 116 valence electrons. The van der Waals surface area contributed by atoms with E-state index in [1.54, 1.807) is 23.7 Å². The standard InChI is InChI=1S/C19H17NO2S/c21-19(11-10-15-6-2-1-3-7-15)20-14-16(17-8-4-12-22-17)18-9-5-13-23-18/h1-13,16H,14H2,(H,20,21). The van der Waals surface area contributed by atoms with Gasteiger partial charge >= 0.3 is 0 Å². The molecule has 0 bridgehead atoms. The van der Waals surface area contributed by atoms with Crippen molar-refractivity contribution in [3.63, 3.8) is 0 Å². The van der Waals surface area contributed by atoms with E-state index in [2.05, 4.69) is 11.4 Å². The molecule has 0 fully saturated rings. The van der Waals surface area contributed by atoms with Crippen molar-refractivity contribution in [3.8, 4) is 0 Å². The molecule has 0 aliphatic heterocycles. The maximum absolute atomic E-state index is 12.0. The number of thiophene rings is 1. The van der Waals surface area contributed by atoms with Gasteiger partial charge in [0.1, 0.15) is 5.76 Å². The molecule has 1 atom stereocenters. The quantitative estimate of drug-likeness (QED) is 0.687. The minimum absolute atomic E-state index is 0.0408. The molecule has 0 spiro atoms. The zero-order chi connectivity index (χ0) is 15.9. The fourth-order valence-electron chi connectivity index (χ4n) is 2.32. The van der Waals surface area contributed by atoms with Crippen molar-refractivity contribution in [1.29, 1.82) is 0 Å². The van der Waals surface area contributed by atoms with Crippen LogP contribution in [0.5, 0.6) is 0 Å². The number of rotatable bonds is 6. The zero-order valence-corrected chi connectivity index (χ0v) is 13.3. The van der Waals surface area contributed by atoms with Crippen LogP contribution in [-0.4, -0.2) is 12.5 Å². The molecular weight excluding hydrogens is 306 g/mol. The summed E-state index contributed by atoms with van der Waals surface area (Å²) < 4.78 is 5.52. The van der Waals surface area contributed by atoms with Crippen molar-refractivity contribution in [2.45, 2.75) is 5.92 Å². The molecular formula is C19H17NO2S. The first-order chi connectivity index (χ1) is 11.3. The second kappa shape index (κ2) is 7.61. The molecule has 3 rings (SSSR count). The van der Waals surface area contributed by atoms with Crippen LogP contribution in [0, 0.1) is 0 Å². The predicted molar refractivity (Wildman–Crippen MR) is 93.4 cm³/mol. The Morgan fingerprint density at radius 3 is 2.70 bits per heavy atom. The van der Waals surface area contributed by atoms with Crippen molar-refractivity contribution in [2.24, 2.45) is 0 Å². The first-order valence-corrected chi connectivity index (χ1v) is 8.28. The van der Waals surface area contributed by atoms with E-state index in [-0.39, 0.29) is 11.8 Å². The molecule has 23 heavy (non-hydrogen) atoms. The number of nitrogens with one attached hydrogen (secondary N) is 1. The van der Waals surface area contributed by atoms with Crippen molar-refractivity contribution in [1.82, 2.24) is 5.32 Å². The van der Waals surface area contributed by atoms with Gasteiger partial charge in [-0.2, -0.15) is 0 Å². The number of furan rings is 1. The number of amides is 1. The van der Waals surface area contributed by atoms with Gasteiger partial charge in [-0.3, -0.25) is 4.79 Å². The Kier molecular flexibility index (Phi) is 5.06. The summed E-state index contributed by atoms with van der Waals surface area (Å²) in [5.74, 6) is 0.792. The molecule has 1 amide bonds. The third kappa shape index (κ3) is 4.20. The Morgan fingerprint density at radius 1 is 1.13 bits per heavy atom. The van der Waals surface area contributed by atoms with Crippen molar-refractivity contribution >= 4 is 23.3 Å². The number of carbonyl (C=O) groups excluding carboxylic acids is 1. The van der Waals surface area contributed by atoms with Gasteiger partial charge in [0.05, 0.1) is 12.2 Å². The van der Waals surface area contributed by atoms with Gasteiger partial charge in [-0.25, -0.2) is 0 Å². The minimum atomic E-state index is -0.109. The second-order valence-electron chi connectivity index (χ2n) is 5.07. The highest BCUT2D eigenvalue weighted by Crippen LogP contribution is 2.28. The third-order valence-corrected chi connectivity index (χ3v) is 4.47. The summed E-state index contributed by atoms with van der Waals surface area (Å²) in [4.78, 5) is 13.2. The summed E-state index contributed by atoms with van der Waals surface area (Å²) in [6.45, 7) is 0.506. The van der Waals surface area contributed by atoms with Gasteiger partial charge in [0.15, 0.2) is 0 Å². The van der Waals surface area contributed by atoms with E-state index in [0.717, 1.165) is 11.3 Å². The lowest BCUT2D eigenvalue weighted by molar-refractivity contribution is -0.116. The fourth-order valence-corrected chi connectivity index (χ4v) is 3.15. The first-order valence-electron chi connectivity index (χ1n) is 7.40. The van der Waals surface area contributed by atoms with E-state index in [0.29, 0.717) is 6.54 Å².